The van der Waals surface area contributed by atoms with Gasteiger partial charge in [-0.1, -0.05) is 24.4 Å². The Kier molecular flexibility index (Phi) is 5.11. The van der Waals surface area contributed by atoms with Crippen molar-refractivity contribution in [3.8, 4) is 0 Å². The Morgan fingerprint density at radius 1 is 1.33 bits per heavy atom. The number of rotatable bonds is 1. The molecule has 1 aliphatic heterocycles. The molecule has 21 heavy (non-hydrogen) atoms. The van der Waals surface area contributed by atoms with Crippen LogP contribution in [-0.2, 0) is 0 Å². The molecule has 1 atom stereocenters. The molecule has 0 saturated heterocycles. The molecule has 2 heterocycles. The Bertz CT molecular complexity index is 708. The lowest BCUT2D eigenvalue weighted by Crippen LogP contribution is -2.26. The zero-order chi connectivity index (χ0) is 15.4. The maximum absolute atomic E-state index is 5.72. The van der Waals surface area contributed by atoms with E-state index in [1.165, 1.54) is 4.90 Å². The Hall–Kier alpha value is -1.70. The quantitative estimate of drug-likeness (QED) is 0.624. The van der Waals surface area contributed by atoms with Crippen LogP contribution < -0.4 is 15.8 Å². The molecule has 1 aromatic heterocycles. The van der Waals surface area contributed by atoms with E-state index in [2.05, 4.69) is 28.4 Å². The van der Waals surface area contributed by atoms with Gasteiger partial charge in [0.1, 0.15) is 4.64 Å². The van der Waals surface area contributed by atoms with E-state index in [0.717, 1.165) is 16.0 Å². The van der Waals surface area contributed by atoms with Gasteiger partial charge in [0.25, 0.3) is 0 Å². The number of nitrogens with zero attached hydrogens (tertiary/aromatic N) is 3. The van der Waals surface area contributed by atoms with Crippen LogP contribution in [0.1, 0.15) is 0 Å². The van der Waals surface area contributed by atoms with E-state index in [1.54, 1.807) is 17.5 Å². The SMILES string of the molecule is CN(C)c1cnc[nH]c1=S.CS1=CN(N)c2ccccc21. The maximum atomic E-state index is 5.72. The van der Waals surface area contributed by atoms with Crippen LogP contribution in [0.4, 0.5) is 11.4 Å². The minimum Gasteiger partial charge on any atom is -0.374 e. The van der Waals surface area contributed by atoms with Crippen LogP contribution in [0.2, 0.25) is 0 Å². The lowest BCUT2D eigenvalue weighted by molar-refractivity contribution is 1.06. The highest BCUT2D eigenvalue weighted by molar-refractivity contribution is 8.15. The van der Waals surface area contributed by atoms with Crippen molar-refractivity contribution in [2.24, 2.45) is 5.84 Å². The predicted molar refractivity (Wildman–Crippen MR) is 94.7 cm³/mol. The normalized spacial score (nSPS) is 15.6. The fourth-order valence-corrected chi connectivity index (χ4v) is 3.53. The first-order chi connectivity index (χ1) is 10.0. The summed E-state index contributed by atoms with van der Waals surface area (Å²) in [6.07, 6.45) is 5.49. The zero-order valence-corrected chi connectivity index (χ0v) is 13.9. The molecule has 0 fully saturated rings. The number of benzene rings is 1. The molecule has 1 aromatic carbocycles. The second kappa shape index (κ2) is 6.84. The third-order valence-electron chi connectivity index (χ3n) is 2.94. The number of aromatic nitrogens is 2. The van der Waals surface area contributed by atoms with Gasteiger partial charge in [0.15, 0.2) is 0 Å². The monoisotopic (exact) mass is 321 g/mol. The first-order valence-corrected chi connectivity index (χ1v) is 8.44. The van der Waals surface area contributed by atoms with Gasteiger partial charge in [0.2, 0.25) is 0 Å². The number of hydrogen-bond donors (Lipinski definition) is 2. The fraction of sp³-hybridized carbons (Fsp3) is 0.214. The first-order valence-electron chi connectivity index (χ1n) is 6.33. The van der Waals surface area contributed by atoms with Crippen LogP contribution in [0.15, 0.2) is 41.7 Å². The molecule has 112 valence electrons. The maximum Gasteiger partial charge on any atom is 0.129 e. The van der Waals surface area contributed by atoms with Gasteiger partial charge in [-0.3, -0.25) is 5.01 Å². The molecule has 0 amide bonds. The zero-order valence-electron chi connectivity index (χ0n) is 12.3. The van der Waals surface area contributed by atoms with Gasteiger partial charge in [-0.15, -0.1) is 10.5 Å². The molecule has 1 aliphatic rings. The van der Waals surface area contributed by atoms with E-state index in [4.69, 9.17) is 18.1 Å². The van der Waals surface area contributed by atoms with E-state index >= 15 is 0 Å². The summed E-state index contributed by atoms with van der Waals surface area (Å²) >= 11 is 4.99. The lowest BCUT2D eigenvalue weighted by atomic mass is 10.3. The minimum absolute atomic E-state index is 0.198. The van der Waals surface area contributed by atoms with Crippen molar-refractivity contribution >= 4 is 39.6 Å². The smallest absolute Gasteiger partial charge is 0.129 e. The summed E-state index contributed by atoms with van der Waals surface area (Å²) in [4.78, 5) is 10.0. The number of anilines is 2. The predicted octanol–water partition coefficient (Wildman–Crippen LogP) is 2.60. The second-order valence-electron chi connectivity index (χ2n) is 4.70. The molecular formula is C14H19N5S2. The Labute approximate surface area is 132 Å². The summed E-state index contributed by atoms with van der Waals surface area (Å²) in [5.41, 5.74) is 4.13. The van der Waals surface area contributed by atoms with Crippen LogP contribution in [0.5, 0.6) is 0 Å². The molecular weight excluding hydrogens is 302 g/mol. The van der Waals surface area contributed by atoms with E-state index in [-0.39, 0.29) is 10.5 Å². The van der Waals surface area contributed by atoms with Crippen molar-refractivity contribution in [2.75, 3.05) is 30.3 Å². The van der Waals surface area contributed by atoms with Crippen LogP contribution in [0, 0.1) is 4.64 Å². The van der Waals surface area contributed by atoms with Gasteiger partial charge in [-0.2, -0.15) is 0 Å². The van der Waals surface area contributed by atoms with E-state index in [1.807, 2.05) is 36.6 Å². The molecule has 0 bridgehead atoms. The van der Waals surface area contributed by atoms with Gasteiger partial charge in [0.05, 0.1) is 23.9 Å². The second-order valence-corrected chi connectivity index (χ2v) is 6.87. The third kappa shape index (κ3) is 3.69. The molecule has 7 heteroatoms. The molecule has 3 N–H and O–H groups in total. The average Bonchev–Trinajstić information content (AvgIpc) is 2.76. The van der Waals surface area contributed by atoms with E-state index in [9.17, 15) is 0 Å². The number of fused-ring (bicyclic) bond motifs is 1. The van der Waals surface area contributed by atoms with E-state index < -0.39 is 0 Å². The van der Waals surface area contributed by atoms with Crippen molar-refractivity contribution in [1.82, 2.24) is 9.97 Å². The Balaban J connectivity index is 0.000000155. The molecule has 0 aliphatic carbocycles. The summed E-state index contributed by atoms with van der Waals surface area (Å²) in [5.74, 6) is 5.72. The largest absolute Gasteiger partial charge is 0.374 e. The third-order valence-corrected chi connectivity index (χ3v) is 4.85. The van der Waals surface area contributed by atoms with Gasteiger partial charge in [-0.25, -0.2) is 10.8 Å². The standard InChI is InChI=1S/C8H10N2S.C6H9N3S/c1-11-6-10(9)7-4-2-3-5-8(7)11;1-9(2)5-3-7-4-8-6(5)10/h2-6H,9H2,1H3;3-4H,1-2H3,(H,7,8,10). The number of H-pyrrole nitrogens is 1. The number of para-hydroxylation sites is 1. The molecule has 5 nitrogen and oxygen atoms in total. The van der Waals surface area contributed by atoms with E-state index in [0.29, 0.717) is 0 Å². The van der Waals surface area contributed by atoms with Crippen LogP contribution >= 0.6 is 22.7 Å². The highest BCUT2D eigenvalue weighted by Crippen LogP contribution is 2.36. The molecule has 0 saturated carbocycles. The number of nitrogens with two attached hydrogens (primary N) is 1. The Morgan fingerprint density at radius 3 is 2.62 bits per heavy atom. The first kappa shape index (κ1) is 15.7. The highest BCUT2D eigenvalue weighted by atomic mass is 32.2. The van der Waals surface area contributed by atoms with Gasteiger partial charge < -0.3 is 9.88 Å². The van der Waals surface area contributed by atoms with Crippen molar-refractivity contribution in [1.29, 1.82) is 0 Å². The number of aromatic amines is 1. The van der Waals surface area contributed by atoms with Gasteiger partial charge in [0, 0.05) is 24.5 Å². The molecule has 0 spiro atoms. The van der Waals surface area contributed by atoms with Gasteiger partial charge in [-0.05, 0) is 18.4 Å². The van der Waals surface area contributed by atoms with Gasteiger partial charge >= 0.3 is 0 Å². The molecule has 1 unspecified atom stereocenters. The summed E-state index contributed by atoms with van der Waals surface area (Å²) in [7, 11) is 4.06. The number of nitrogens with one attached hydrogen (secondary N) is 1. The highest BCUT2D eigenvalue weighted by Gasteiger charge is 2.12. The van der Waals surface area contributed by atoms with Crippen LogP contribution in [-0.4, -0.2) is 35.8 Å². The fourth-order valence-electron chi connectivity index (χ4n) is 1.88. The van der Waals surface area contributed by atoms with Crippen molar-refractivity contribution in [3.05, 3.63) is 41.4 Å². The lowest BCUT2D eigenvalue weighted by Gasteiger charge is -2.09. The van der Waals surface area contributed by atoms with Crippen LogP contribution in [0.25, 0.3) is 0 Å². The number of hydrogen-bond acceptors (Lipinski definition) is 5. The molecule has 0 radical (unpaired) electrons. The minimum atomic E-state index is 0.198. The summed E-state index contributed by atoms with van der Waals surface area (Å²) in [5, 5.41) is 1.71. The molecule has 3 rings (SSSR count). The average molecular weight is 321 g/mol. The van der Waals surface area contributed by atoms with Crippen LogP contribution in [0.3, 0.4) is 0 Å². The number of hydrazine groups is 1. The summed E-state index contributed by atoms with van der Waals surface area (Å²) in [6, 6.07) is 8.23. The Morgan fingerprint density at radius 2 is 2.05 bits per heavy atom. The topological polar surface area (TPSA) is 61.2 Å². The summed E-state index contributed by atoms with van der Waals surface area (Å²) in [6.45, 7) is 0. The van der Waals surface area contributed by atoms with Crippen molar-refractivity contribution in [3.63, 3.8) is 0 Å². The summed E-state index contributed by atoms with van der Waals surface area (Å²) < 4.78 is 0.722. The molecule has 2 aromatic rings. The van der Waals surface area contributed by atoms with Crippen molar-refractivity contribution in [2.45, 2.75) is 4.90 Å². The van der Waals surface area contributed by atoms with Crippen molar-refractivity contribution < 1.29 is 0 Å².